The number of methoxy groups -OCH3 is 1. The molecule has 2 aromatic rings. The molecule has 6 nitrogen and oxygen atoms in total. The van der Waals surface area contributed by atoms with Crippen LogP contribution < -0.4 is 10.1 Å². The van der Waals surface area contributed by atoms with Crippen molar-refractivity contribution in [3.05, 3.63) is 34.6 Å². The predicted octanol–water partition coefficient (Wildman–Crippen LogP) is 1.83. The Balaban J connectivity index is 2.14. The van der Waals surface area contributed by atoms with E-state index in [0.29, 0.717) is 11.4 Å². The lowest BCUT2D eigenvalue weighted by Crippen LogP contribution is -2.12. The molecule has 88 valence electrons. The minimum Gasteiger partial charge on any atom is -0.496 e. The highest BCUT2D eigenvalue weighted by atomic mass is 79.9. The van der Waals surface area contributed by atoms with Crippen LogP contribution in [0.5, 0.6) is 5.75 Å². The molecular formula is C10H9BrN4O2. The first-order chi connectivity index (χ1) is 8.20. The van der Waals surface area contributed by atoms with Crippen molar-refractivity contribution in [1.82, 2.24) is 15.4 Å². The van der Waals surface area contributed by atoms with Crippen LogP contribution in [0.4, 0.5) is 5.69 Å². The van der Waals surface area contributed by atoms with Crippen LogP contribution >= 0.6 is 15.9 Å². The van der Waals surface area contributed by atoms with E-state index in [0.717, 1.165) is 4.47 Å². The third-order valence-electron chi connectivity index (χ3n) is 2.06. The first-order valence-electron chi connectivity index (χ1n) is 4.71. The van der Waals surface area contributed by atoms with Crippen molar-refractivity contribution < 1.29 is 9.53 Å². The average Bonchev–Trinajstić information content (AvgIpc) is 2.82. The summed E-state index contributed by atoms with van der Waals surface area (Å²) in [6, 6.07) is 5.24. The first-order valence-corrected chi connectivity index (χ1v) is 5.50. The fourth-order valence-electron chi connectivity index (χ4n) is 1.25. The number of rotatable bonds is 3. The number of anilines is 1. The van der Waals surface area contributed by atoms with Gasteiger partial charge in [-0.15, -0.1) is 0 Å². The largest absolute Gasteiger partial charge is 0.496 e. The summed E-state index contributed by atoms with van der Waals surface area (Å²) < 4.78 is 5.85. The number of benzene rings is 1. The SMILES string of the molecule is COc1ccc(NC(=O)c2cn[nH]n2)cc1Br. The number of nitrogens with one attached hydrogen (secondary N) is 2. The fraction of sp³-hybridized carbons (Fsp3) is 0.100. The van der Waals surface area contributed by atoms with E-state index < -0.39 is 0 Å². The van der Waals surface area contributed by atoms with Crippen LogP contribution in [0.3, 0.4) is 0 Å². The summed E-state index contributed by atoms with van der Waals surface area (Å²) in [7, 11) is 1.58. The van der Waals surface area contributed by atoms with Crippen molar-refractivity contribution in [3.63, 3.8) is 0 Å². The molecule has 7 heteroatoms. The lowest BCUT2D eigenvalue weighted by atomic mass is 10.3. The van der Waals surface area contributed by atoms with Gasteiger partial charge in [0.25, 0.3) is 5.91 Å². The van der Waals surface area contributed by atoms with E-state index in [2.05, 4.69) is 36.7 Å². The number of amides is 1. The summed E-state index contributed by atoms with van der Waals surface area (Å²) in [4.78, 5) is 11.7. The second kappa shape index (κ2) is 4.96. The van der Waals surface area contributed by atoms with Gasteiger partial charge in [-0.25, -0.2) is 0 Å². The van der Waals surface area contributed by atoms with Gasteiger partial charge in [0.05, 0.1) is 17.8 Å². The minimum atomic E-state index is -0.323. The number of H-pyrrole nitrogens is 1. The Kier molecular flexibility index (Phi) is 3.38. The highest BCUT2D eigenvalue weighted by Gasteiger charge is 2.09. The summed E-state index contributed by atoms with van der Waals surface area (Å²) in [6.45, 7) is 0. The van der Waals surface area contributed by atoms with Gasteiger partial charge in [0.1, 0.15) is 5.75 Å². The number of nitrogens with zero attached hydrogens (tertiary/aromatic N) is 2. The molecule has 0 spiro atoms. The molecule has 0 unspecified atom stereocenters. The maximum Gasteiger partial charge on any atom is 0.277 e. The number of ether oxygens (including phenoxy) is 1. The van der Waals surface area contributed by atoms with E-state index in [-0.39, 0.29) is 11.6 Å². The molecule has 0 saturated carbocycles. The first kappa shape index (κ1) is 11.6. The zero-order chi connectivity index (χ0) is 12.3. The topological polar surface area (TPSA) is 79.9 Å². The van der Waals surface area contributed by atoms with Crippen molar-refractivity contribution in [2.45, 2.75) is 0 Å². The quantitative estimate of drug-likeness (QED) is 0.905. The van der Waals surface area contributed by atoms with Gasteiger partial charge in [0.15, 0.2) is 5.69 Å². The number of aromatic nitrogens is 3. The fourth-order valence-corrected chi connectivity index (χ4v) is 1.79. The van der Waals surface area contributed by atoms with Crippen LogP contribution in [0.2, 0.25) is 0 Å². The Morgan fingerprint density at radius 3 is 2.94 bits per heavy atom. The summed E-state index contributed by atoms with van der Waals surface area (Å²) in [5.74, 6) is 0.375. The van der Waals surface area contributed by atoms with Crippen molar-refractivity contribution in [3.8, 4) is 5.75 Å². The lowest BCUT2D eigenvalue weighted by Gasteiger charge is -2.06. The number of hydrogen-bond acceptors (Lipinski definition) is 4. The molecule has 0 aliphatic carbocycles. The molecule has 1 aromatic carbocycles. The molecule has 2 N–H and O–H groups in total. The van der Waals surface area contributed by atoms with E-state index >= 15 is 0 Å². The molecule has 0 fully saturated rings. The van der Waals surface area contributed by atoms with Crippen LogP contribution in [0.1, 0.15) is 10.5 Å². The average molecular weight is 297 g/mol. The predicted molar refractivity (Wildman–Crippen MR) is 65.0 cm³/mol. The molecule has 0 saturated heterocycles. The van der Waals surface area contributed by atoms with E-state index in [4.69, 9.17) is 4.74 Å². The molecule has 0 aliphatic heterocycles. The normalized spacial score (nSPS) is 10.0. The molecule has 0 aliphatic rings. The monoisotopic (exact) mass is 296 g/mol. The van der Waals surface area contributed by atoms with Crippen LogP contribution in [0.25, 0.3) is 0 Å². The third kappa shape index (κ3) is 2.62. The number of hydrogen-bond donors (Lipinski definition) is 2. The van der Waals surface area contributed by atoms with Gasteiger partial charge in [-0.3, -0.25) is 4.79 Å². The zero-order valence-corrected chi connectivity index (χ0v) is 10.5. The molecule has 2 rings (SSSR count). The molecule has 0 atom stereocenters. The van der Waals surface area contributed by atoms with Crippen molar-refractivity contribution >= 4 is 27.5 Å². The standard InChI is InChI=1S/C10H9BrN4O2/c1-17-9-3-2-6(4-7(9)11)13-10(16)8-5-12-15-14-8/h2-5H,1H3,(H,13,16)(H,12,14,15). The van der Waals surface area contributed by atoms with Gasteiger partial charge < -0.3 is 10.1 Å². The van der Waals surface area contributed by atoms with E-state index in [1.165, 1.54) is 6.20 Å². The Hall–Kier alpha value is -1.89. The van der Waals surface area contributed by atoms with Gasteiger partial charge in [0, 0.05) is 5.69 Å². The van der Waals surface area contributed by atoms with Crippen molar-refractivity contribution in [2.75, 3.05) is 12.4 Å². The number of aromatic amines is 1. The highest BCUT2D eigenvalue weighted by Crippen LogP contribution is 2.27. The van der Waals surface area contributed by atoms with Crippen LogP contribution in [-0.4, -0.2) is 28.4 Å². The Morgan fingerprint density at radius 2 is 2.35 bits per heavy atom. The van der Waals surface area contributed by atoms with Crippen LogP contribution in [0, 0.1) is 0 Å². The molecular weight excluding hydrogens is 288 g/mol. The summed E-state index contributed by atoms with van der Waals surface area (Å²) >= 11 is 3.34. The van der Waals surface area contributed by atoms with E-state index in [1.54, 1.807) is 25.3 Å². The molecule has 0 radical (unpaired) electrons. The smallest absolute Gasteiger partial charge is 0.277 e. The Bertz CT molecular complexity index is 527. The molecule has 17 heavy (non-hydrogen) atoms. The molecule has 1 heterocycles. The Morgan fingerprint density at radius 1 is 1.53 bits per heavy atom. The number of carbonyl (C=O) groups excluding carboxylic acids is 1. The van der Waals surface area contributed by atoms with Gasteiger partial charge >= 0.3 is 0 Å². The minimum absolute atomic E-state index is 0.233. The van der Waals surface area contributed by atoms with Crippen LogP contribution in [0.15, 0.2) is 28.9 Å². The van der Waals surface area contributed by atoms with Gasteiger partial charge in [-0.2, -0.15) is 15.4 Å². The van der Waals surface area contributed by atoms with Gasteiger partial charge in [-0.05, 0) is 34.1 Å². The summed E-state index contributed by atoms with van der Waals surface area (Å²) in [5.41, 5.74) is 0.877. The summed E-state index contributed by atoms with van der Waals surface area (Å²) in [6.07, 6.45) is 1.36. The molecule has 1 aromatic heterocycles. The second-order valence-electron chi connectivity index (χ2n) is 3.16. The van der Waals surface area contributed by atoms with Crippen molar-refractivity contribution in [2.24, 2.45) is 0 Å². The Labute approximate surface area is 105 Å². The van der Waals surface area contributed by atoms with E-state index in [9.17, 15) is 4.79 Å². The number of carbonyl (C=O) groups is 1. The maximum atomic E-state index is 11.7. The number of halogens is 1. The highest BCUT2D eigenvalue weighted by molar-refractivity contribution is 9.10. The van der Waals surface area contributed by atoms with Gasteiger partial charge in [-0.1, -0.05) is 0 Å². The zero-order valence-electron chi connectivity index (χ0n) is 8.90. The maximum absolute atomic E-state index is 11.7. The lowest BCUT2D eigenvalue weighted by molar-refractivity contribution is 0.102. The molecule has 0 bridgehead atoms. The van der Waals surface area contributed by atoms with Crippen molar-refractivity contribution in [1.29, 1.82) is 0 Å². The van der Waals surface area contributed by atoms with Crippen LogP contribution in [-0.2, 0) is 0 Å². The summed E-state index contributed by atoms with van der Waals surface area (Å²) in [5, 5.41) is 12.3. The second-order valence-corrected chi connectivity index (χ2v) is 4.01. The molecule has 1 amide bonds. The van der Waals surface area contributed by atoms with Gasteiger partial charge in [0.2, 0.25) is 0 Å². The third-order valence-corrected chi connectivity index (χ3v) is 2.68. The van der Waals surface area contributed by atoms with E-state index in [1.807, 2.05) is 0 Å².